The molecule has 0 saturated heterocycles. The molecule has 1 N–H and O–H groups in total. The molecule has 0 saturated carbocycles. The van der Waals surface area contributed by atoms with Gasteiger partial charge in [0.1, 0.15) is 0 Å². The van der Waals surface area contributed by atoms with Crippen molar-refractivity contribution in [2.45, 2.75) is 32.3 Å². The molecule has 0 aliphatic heterocycles. The minimum Gasteiger partial charge on any atom is -0.454 e. The number of ether oxygens (including phenoxy) is 1. The average molecular weight is 335 g/mol. The molecule has 2 aromatic carbocycles. The first-order valence-electron chi connectivity index (χ1n) is 8.47. The van der Waals surface area contributed by atoms with Crippen molar-refractivity contribution in [3.63, 3.8) is 0 Å². The number of Topliss-reactive ketones (excluding diaryl/α,β-unsaturated/α-hetero) is 1. The van der Waals surface area contributed by atoms with E-state index in [4.69, 9.17) is 4.74 Å². The molecule has 0 aliphatic carbocycles. The predicted molar refractivity (Wildman–Crippen MR) is 97.7 cm³/mol. The molecule has 128 valence electrons. The Kier molecular flexibility index (Phi) is 4.98. The standard InChI is InChI=1S/C21H21NO3/c1-3-16(15-9-5-4-6-10-15)21(24)25-14(2)20(23)18-13-22-19-12-8-7-11-17(18)19/h4-14,16,22H,3H2,1-2H3. The Morgan fingerprint density at radius 2 is 1.72 bits per heavy atom. The van der Waals surface area contributed by atoms with Gasteiger partial charge >= 0.3 is 5.97 Å². The molecule has 0 spiro atoms. The third-order valence-electron chi connectivity index (χ3n) is 4.41. The number of aromatic nitrogens is 1. The molecule has 2 unspecified atom stereocenters. The van der Waals surface area contributed by atoms with Crippen LogP contribution in [0, 0.1) is 0 Å². The van der Waals surface area contributed by atoms with Crippen LogP contribution in [0.2, 0.25) is 0 Å². The fraction of sp³-hybridized carbons (Fsp3) is 0.238. The first kappa shape index (κ1) is 17.0. The van der Waals surface area contributed by atoms with Crippen LogP contribution in [0.3, 0.4) is 0 Å². The van der Waals surface area contributed by atoms with Gasteiger partial charge in [0.15, 0.2) is 6.10 Å². The number of carbonyl (C=O) groups is 2. The van der Waals surface area contributed by atoms with E-state index in [9.17, 15) is 9.59 Å². The van der Waals surface area contributed by atoms with Gasteiger partial charge in [-0.15, -0.1) is 0 Å². The van der Waals surface area contributed by atoms with E-state index in [-0.39, 0.29) is 17.7 Å². The molecule has 2 atom stereocenters. The second-order valence-electron chi connectivity index (χ2n) is 6.06. The van der Waals surface area contributed by atoms with E-state index in [1.165, 1.54) is 0 Å². The molecular formula is C21H21NO3. The molecule has 25 heavy (non-hydrogen) atoms. The van der Waals surface area contributed by atoms with Crippen LogP contribution in [0.5, 0.6) is 0 Å². The van der Waals surface area contributed by atoms with Crippen LogP contribution in [0.25, 0.3) is 10.9 Å². The van der Waals surface area contributed by atoms with E-state index < -0.39 is 6.10 Å². The van der Waals surface area contributed by atoms with Crippen molar-refractivity contribution < 1.29 is 14.3 Å². The molecule has 1 heterocycles. The molecule has 0 radical (unpaired) electrons. The lowest BCUT2D eigenvalue weighted by atomic mass is 9.96. The van der Waals surface area contributed by atoms with Crippen LogP contribution in [0.15, 0.2) is 60.8 Å². The van der Waals surface area contributed by atoms with E-state index in [0.717, 1.165) is 16.5 Å². The van der Waals surface area contributed by atoms with Crippen LogP contribution >= 0.6 is 0 Å². The van der Waals surface area contributed by atoms with Crippen LogP contribution in [0.4, 0.5) is 0 Å². The summed E-state index contributed by atoms with van der Waals surface area (Å²) in [5, 5.41) is 0.838. The normalized spacial score (nSPS) is 13.4. The summed E-state index contributed by atoms with van der Waals surface area (Å²) in [7, 11) is 0. The maximum absolute atomic E-state index is 12.7. The quantitative estimate of drug-likeness (QED) is 0.534. The molecule has 4 heteroatoms. The van der Waals surface area contributed by atoms with Crippen LogP contribution in [0.1, 0.15) is 42.1 Å². The molecule has 4 nitrogen and oxygen atoms in total. The molecule has 0 aliphatic rings. The number of rotatable bonds is 6. The van der Waals surface area contributed by atoms with Crippen LogP contribution in [-0.2, 0) is 9.53 Å². The van der Waals surface area contributed by atoms with Gasteiger partial charge in [-0.1, -0.05) is 55.5 Å². The lowest BCUT2D eigenvalue weighted by molar-refractivity contribution is -0.148. The lowest BCUT2D eigenvalue weighted by Gasteiger charge is -2.18. The first-order chi connectivity index (χ1) is 12.1. The summed E-state index contributed by atoms with van der Waals surface area (Å²) in [6, 6.07) is 17.1. The molecule has 0 fully saturated rings. The monoisotopic (exact) mass is 335 g/mol. The highest BCUT2D eigenvalue weighted by Gasteiger charge is 2.26. The second kappa shape index (κ2) is 7.34. The minimum absolute atomic E-state index is 0.200. The SMILES string of the molecule is CCC(C(=O)OC(C)C(=O)c1c[nH]c2ccccc12)c1ccccc1. The van der Waals surface area contributed by atoms with Crippen molar-refractivity contribution in [1.29, 1.82) is 0 Å². The zero-order chi connectivity index (χ0) is 17.8. The van der Waals surface area contributed by atoms with Crippen molar-refractivity contribution in [1.82, 2.24) is 4.98 Å². The van der Waals surface area contributed by atoms with E-state index in [1.807, 2.05) is 61.5 Å². The van der Waals surface area contributed by atoms with Gasteiger partial charge < -0.3 is 9.72 Å². The van der Waals surface area contributed by atoms with Gasteiger partial charge in [-0.25, -0.2) is 0 Å². The van der Waals surface area contributed by atoms with E-state index in [0.29, 0.717) is 12.0 Å². The number of benzene rings is 2. The Morgan fingerprint density at radius 1 is 1.04 bits per heavy atom. The minimum atomic E-state index is -0.829. The van der Waals surface area contributed by atoms with Crippen LogP contribution in [-0.4, -0.2) is 22.8 Å². The van der Waals surface area contributed by atoms with Gasteiger partial charge in [0.25, 0.3) is 0 Å². The number of esters is 1. The number of carbonyl (C=O) groups excluding carboxylic acids is 2. The maximum atomic E-state index is 12.7. The van der Waals surface area contributed by atoms with E-state index in [1.54, 1.807) is 13.1 Å². The third-order valence-corrected chi connectivity index (χ3v) is 4.41. The number of fused-ring (bicyclic) bond motifs is 1. The zero-order valence-electron chi connectivity index (χ0n) is 14.4. The molecule has 0 bridgehead atoms. The smallest absolute Gasteiger partial charge is 0.314 e. The highest BCUT2D eigenvalue weighted by atomic mass is 16.5. The number of H-pyrrole nitrogens is 1. The van der Waals surface area contributed by atoms with E-state index >= 15 is 0 Å². The average Bonchev–Trinajstić information content (AvgIpc) is 3.06. The van der Waals surface area contributed by atoms with Gasteiger partial charge in [-0.2, -0.15) is 0 Å². The predicted octanol–water partition coefficient (Wildman–Crippen LogP) is 4.48. The molecule has 1 aromatic heterocycles. The molecule has 3 aromatic rings. The van der Waals surface area contributed by atoms with E-state index in [2.05, 4.69) is 4.98 Å². The number of nitrogens with one attached hydrogen (secondary N) is 1. The largest absolute Gasteiger partial charge is 0.454 e. The number of hydrogen-bond acceptors (Lipinski definition) is 3. The van der Waals surface area contributed by atoms with Crippen molar-refractivity contribution in [2.75, 3.05) is 0 Å². The Balaban J connectivity index is 1.75. The summed E-state index contributed by atoms with van der Waals surface area (Å²) in [5.41, 5.74) is 2.34. The first-order valence-corrected chi connectivity index (χ1v) is 8.47. The second-order valence-corrected chi connectivity index (χ2v) is 6.06. The number of aromatic amines is 1. The van der Waals surface area contributed by atoms with Crippen molar-refractivity contribution in [3.8, 4) is 0 Å². The van der Waals surface area contributed by atoms with Gasteiger partial charge in [0.2, 0.25) is 5.78 Å². The Hall–Kier alpha value is -2.88. The topological polar surface area (TPSA) is 59.2 Å². The fourth-order valence-electron chi connectivity index (χ4n) is 3.03. The van der Waals surface area contributed by atoms with Gasteiger partial charge in [0.05, 0.1) is 5.92 Å². The summed E-state index contributed by atoms with van der Waals surface area (Å²) in [6.07, 6.45) is 1.47. The van der Waals surface area contributed by atoms with Crippen molar-refractivity contribution in [3.05, 3.63) is 71.9 Å². The summed E-state index contributed by atoms with van der Waals surface area (Å²) in [5.74, 6) is -0.928. The summed E-state index contributed by atoms with van der Waals surface area (Å²) >= 11 is 0. The van der Waals surface area contributed by atoms with Gasteiger partial charge in [-0.3, -0.25) is 9.59 Å². The van der Waals surface area contributed by atoms with Gasteiger partial charge in [0, 0.05) is 22.7 Å². The third kappa shape index (κ3) is 3.48. The fourth-order valence-corrected chi connectivity index (χ4v) is 3.03. The Bertz CT molecular complexity index is 882. The Labute approximate surface area is 146 Å². The summed E-state index contributed by atoms with van der Waals surface area (Å²) in [6.45, 7) is 3.56. The van der Waals surface area contributed by atoms with Crippen molar-refractivity contribution in [2.24, 2.45) is 0 Å². The Morgan fingerprint density at radius 3 is 2.44 bits per heavy atom. The molecular weight excluding hydrogens is 314 g/mol. The lowest BCUT2D eigenvalue weighted by Crippen LogP contribution is -2.27. The molecule has 3 rings (SSSR count). The van der Waals surface area contributed by atoms with Crippen LogP contribution < -0.4 is 0 Å². The number of ketones is 1. The zero-order valence-corrected chi connectivity index (χ0v) is 14.4. The summed E-state index contributed by atoms with van der Waals surface area (Å²) < 4.78 is 5.49. The summed E-state index contributed by atoms with van der Waals surface area (Å²) in [4.78, 5) is 28.3. The highest BCUT2D eigenvalue weighted by molar-refractivity contribution is 6.10. The number of para-hydroxylation sites is 1. The van der Waals surface area contributed by atoms with Crippen molar-refractivity contribution >= 4 is 22.7 Å². The molecule has 0 amide bonds. The number of hydrogen-bond donors (Lipinski definition) is 1. The highest BCUT2D eigenvalue weighted by Crippen LogP contribution is 2.23. The maximum Gasteiger partial charge on any atom is 0.314 e. The van der Waals surface area contributed by atoms with Gasteiger partial charge in [-0.05, 0) is 25.0 Å².